The Morgan fingerprint density at radius 2 is 1.92 bits per heavy atom. The van der Waals surface area contributed by atoms with E-state index in [0.717, 1.165) is 27.7 Å². The molecule has 0 aliphatic heterocycles. The molecule has 8 heteroatoms. The lowest BCUT2D eigenvalue weighted by atomic mass is 10.1. The molecule has 25 heavy (non-hydrogen) atoms. The summed E-state index contributed by atoms with van der Waals surface area (Å²) in [7, 11) is 3.76. The Bertz CT molecular complexity index is 873. The molecule has 3 aromatic heterocycles. The van der Waals surface area contributed by atoms with Gasteiger partial charge in [0, 0.05) is 42.6 Å². The van der Waals surface area contributed by atoms with Gasteiger partial charge in [-0.3, -0.25) is 14.2 Å². The largest absolute Gasteiger partial charge is 0.326 e. The van der Waals surface area contributed by atoms with Crippen LogP contribution in [0.15, 0.2) is 17.6 Å². The third kappa shape index (κ3) is 3.48. The van der Waals surface area contributed by atoms with Crippen LogP contribution in [0.1, 0.15) is 38.1 Å². The van der Waals surface area contributed by atoms with Crippen molar-refractivity contribution in [3.8, 4) is 0 Å². The summed E-state index contributed by atoms with van der Waals surface area (Å²) in [6, 6.07) is 1.82. The number of carbonyl (C=O) groups is 1. The molecule has 3 rings (SSSR count). The van der Waals surface area contributed by atoms with Crippen LogP contribution in [0.4, 0.5) is 0 Å². The van der Waals surface area contributed by atoms with E-state index in [1.807, 2.05) is 51.0 Å². The van der Waals surface area contributed by atoms with Crippen LogP contribution in [0.2, 0.25) is 0 Å². The molecule has 0 spiro atoms. The number of aryl methyl sites for hydroxylation is 4. The van der Waals surface area contributed by atoms with Gasteiger partial charge in [0.2, 0.25) is 0 Å². The first kappa shape index (κ1) is 17.3. The average Bonchev–Trinajstić information content (AvgIpc) is 3.25. The van der Waals surface area contributed by atoms with Crippen molar-refractivity contribution in [1.29, 1.82) is 0 Å². The third-order valence-corrected chi connectivity index (χ3v) is 5.20. The number of amides is 1. The normalized spacial score (nSPS) is 11.1. The van der Waals surface area contributed by atoms with Crippen molar-refractivity contribution in [2.45, 2.75) is 33.9 Å². The standard InChI is InChI=1S/C17H22N6OS/c1-11-8-15(20-21(11)4)17(24)23(10-16-18-6-7-25-16)9-14-12(2)19-22(5)13(14)3/h6-8H,9-10H2,1-5H3. The summed E-state index contributed by atoms with van der Waals surface area (Å²) < 4.78 is 3.57. The van der Waals surface area contributed by atoms with Crippen molar-refractivity contribution in [1.82, 2.24) is 29.4 Å². The average molecular weight is 358 g/mol. The van der Waals surface area contributed by atoms with E-state index in [-0.39, 0.29) is 5.91 Å². The van der Waals surface area contributed by atoms with Crippen molar-refractivity contribution in [3.63, 3.8) is 0 Å². The zero-order chi connectivity index (χ0) is 18.1. The van der Waals surface area contributed by atoms with Crippen LogP contribution in [-0.2, 0) is 27.2 Å². The van der Waals surface area contributed by atoms with Crippen LogP contribution in [-0.4, -0.2) is 35.4 Å². The molecule has 0 atom stereocenters. The van der Waals surface area contributed by atoms with Gasteiger partial charge in [0.1, 0.15) is 5.01 Å². The molecular weight excluding hydrogens is 336 g/mol. The second kappa shape index (κ2) is 6.79. The number of nitrogens with zero attached hydrogens (tertiary/aromatic N) is 6. The first-order valence-electron chi connectivity index (χ1n) is 8.04. The molecule has 1 amide bonds. The Balaban J connectivity index is 1.93. The Morgan fingerprint density at radius 3 is 2.44 bits per heavy atom. The Morgan fingerprint density at radius 1 is 1.16 bits per heavy atom. The molecule has 0 aliphatic rings. The van der Waals surface area contributed by atoms with E-state index >= 15 is 0 Å². The fourth-order valence-electron chi connectivity index (χ4n) is 2.76. The number of carbonyl (C=O) groups excluding carboxylic acids is 1. The summed E-state index contributed by atoms with van der Waals surface area (Å²) in [6.07, 6.45) is 1.76. The van der Waals surface area contributed by atoms with E-state index < -0.39 is 0 Å². The maximum Gasteiger partial charge on any atom is 0.275 e. The fraction of sp³-hybridized carbons (Fsp3) is 0.412. The van der Waals surface area contributed by atoms with E-state index in [1.165, 1.54) is 0 Å². The van der Waals surface area contributed by atoms with E-state index in [0.29, 0.717) is 18.8 Å². The Hall–Kier alpha value is -2.48. The van der Waals surface area contributed by atoms with Crippen LogP contribution in [0.5, 0.6) is 0 Å². The van der Waals surface area contributed by atoms with E-state index in [2.05, 4.69) is 15.2 Å². The number of hydrogen-bond donors (Lipinski definition) is 0. The van der Waals surface area contributed by atoms with Gasteiger partial charge >= 0.3 is 0 Å². The molecule has 3 heterocycles. The lowest BCUT2D eigenvalue weighted by Crippen LogP contribution is -2.31. The summed E-state index contributed by atoms with van der Waals surface area (Å²) in [4.78, 5) is 19.2. The van der Waals surface area contributed by atoms with Crippen molar-refractivity contribution in [2.75, 3.05) is 0 Å². The predicted octanol–water partition coefficient (Wildman–Crippen LogP) is 2.38. The molecule has 0 radical (unpaired) electrons. The summed E-state index contributed by atoms with van der Waals surface area (Å²) >= 11 is 1.54. The van der Waals surface area contributed by atoms with Gasteiger partial charge in [-0.2, -0.15) is 10.2 Å². The van der Waals surface area contributed by atoms with E-state index in [1.54, 1.807) is 27.1 Å². The number of hydrogen-bond acceptors (Lipinski definition) is 5. The molecule has 132 valence electrons. The predicted molar refractivity (Wildman–Crippen MR) is 96.3 cm³/mol. The topological polar surface area (TPSA) is 68.8 Å². The quantitative estimate of drug-likeness (QED) is 0.702. The van der Waals surface area contributed by atoms with Gasteiger partial charge in [-0.05, 0) is 26.8 Å². The van der Waals surface area contributed by atoms with E-state index in [9.17, 15) is 4.79 Å². The molecule has 0 aliphatic carbocycles. The second-order valence-electron chi connectivity index (χ2n) is 6.15. The number of rotatable bonds is 5. The molecule has 0 saturated heterocycles. The monoisotopic (exact) mass is 358 g/mol. The molecule has 0 saturated carbocycles. The first-order valence-corrected chi connectivity index (χ1v) is 8.92. The molecule has 0 aromatic carbocycles. The van der Waals surface area contributed by atoms with Gasteiger partial charge in [0.05, 0.1) is 18.8 Å². The lowest BCUT2D eigenvalue weighted by molar-refractivity contribution is 0.0722. The highest BCUT2D eigenvalue weighted by molar-refractivity contribution is 7.09. The second-order valence-corrected chi connectivity index (χ2v) is 7.13. The first-order chi connectivity index (χ1) is 11.9. The van der Waals surface area contributed by atoms with Crippen molar-refractivity contribution < 1.29 is 4.79 Å². The SMILES string of the molecule is Cc1nn(C)c(C)c1CN(Cc1nccs1)C(=O)c1cc(C)n(C)n1. The van der Waals surface area contributed by atoms with Crippen molar-refractivity contribution in [2.24, 2.45) is 14.1 Å². The molecule has 7 nitrogen and oxygen atoms in total. The Kier molecular flexibility index (Phi) is 4.71. The minimum atomic E-state index is -0.0958. The Labute approximate surface area is 150 Å². The minimum absolute atomic E-state index is 0.0958. The van der Waals surface area contributed by atoms with Crippen molar-refractivity contribution in [3.05, 3.63) is 51.0 Å². The fourth-order valence-corrected chi connectivity index (χ4v) is 3.39. The maximum absolute atomic E-state index is 13.1. The van der Waals surface area contributed by atoms with Crippen LogP contribution in [0, 0.1) is 20.8 Å². The zero-order valence-electron chi connectivity index (χ0n) is 15.1. The van der Waals surface area contributed by atoms with Crippen LogP contribution in [0.25, 0.3) is 0 Å². The van der Waals surface area contributed by atoms with Gasteiger partial charge in [-0.25, -0.2) is 4.98 Å². The maximum atomic E-state index is 13.1. The number of aromatic nitrogens is 5. The van der Waals surface area contributed by atoms with Crippen LogP contribution < -0.4 is 0 Å². The van der Waals surface area contributed by atoms with Crippen molar-refractivity contribution >= 4 is 17.2 Å². The number of thiazole rings is 1. The van der Waals surface area contributed by atoms with Crippen LogP contribution >= 0.6 is 11.3 Å². The molecule has 0 fully saturated rings. The highest BCUT2D eigenvalue weighted by Gasteiger charge is 2.23. The summed E-state index contributed by atoms with van der Waals surface area (Å²) in [5.41, 5.74) is 4.47. The summed E-state index contributed by atoms with van der Waals surface area (Å²) in [5, 5.41) is 11.6. The van der Waals surface area contributed by atoms with Gasteiger partial charge in [0.25, 0.3) is 5.91 Å². The zero-order valence-corrected chi connectivity index (χ0v) is 16.0. The van der Waals surface area contributed by atoms with Gasteiger partial charge in [0.15, 0.2) is 5.69 Å². The third-order valence-electron chi connectivity index (χ3n) is 4.44. The summed E-state index contributed by atoms with van der Waals surface area (Å²) in [6.45, 7) is 6.87. The molecule has 0 bridgehead atoms. The smallest absolute Gasteiger partial charge is 0.275 e. The molecule has 3 aromatic rings. The summed E-state index contributed by atoms with van der Waals surface area (Å²) in [5.74, 6) is -0.0958. The molecule has 0 N–H and O–H groups in total. The lowest BCUT2D eigenvalue weighted by Gasteiger charge is -2.21. The minimum Gasteiger partial charge on any atom is -0.326 e. The highest BCUT2D eigenvalue weighted by Crippen LogP contribution is 2.19. The molecule has 0 unspecified atom stereocenters. The highest BCUT2D eigenvalue weighted by atomic mass is 32.1. The van der Waals surface area contributed by atoms with E-state index in [4.69, 9.17) is 0 Å². The van der Waals surface area contributed by atoms with Gasteiger partial charge in [-0.15, -0.1) is 11.3 Å². The van der Waals surface area contributed by atoms with Gasteiger partial charge < -0.3 is 4.90 Å². The molecular formula is C17H22N6OS. The van der Waals surface area contributed by atoms with Crippen LogP contribution in [0.3, 0.4) is 0 Å². The van der Waals surface area contributed by atoms with Gasteiger partial charge in [-0.1, -0.05) is 0 Å².